The molecule has 28 heavy (non-hydrogen) atoms. The van der Waals surface area contributed by atoms with Gasteiger partial charge < -0.3 is 9.47 Å². The molecule has 0 aliphatic rings. The molecule has 1 rings (SSSR count). The fraction of sp³-hybridized carbons (Fsp3) is 0.500. The molecule has 0 N–H and O–H groups in total. The van der Waals surface area contributed by atoms with Gasteiger partial charge in [-0.25, -0.2) is 9.59 Å². The van der Waals surface area contributed by atoms with E-state index >= 15 is 0 Å². The largest absolute Gasteiger partial charge is 0.459 e. The molecule has 0 amide bonds. The summed E-state index contributed by atoms with van der Waals surface area (Å²) in [7, 11) is 0. The van der Waals surface area contributed by atoms with Gasteiger partial charge in [0.25, 0.3) is 0 Å². The summed E-state index contributed by atoms with van der Waals surface area (Å²) >= 11 is 3.38. The fourth-order valence-corrected chi connectivity index (χ4v) is 2.56. The van der Waals surface area contributed by atoms with Gasteiger partial charge in [0.15, 0.2) is 5.41 Å². The maximum absolute atomic E-state index is 12.8. The van der Waals surface area contributed by atoms with Crippen LogP contribution >= 0.6 is 15.9 Å². The monoisotopic (exact) mass is 449 g/mol. The summed E-state index contributed by atoms with van der Waals surface area (Å²) in [5.74, 6) is -1.29. The van der Waals surface area contributed by atoms with Crippen molar-refractivity contribution >= 4 is 27.9 Å². The van der Waals surface area contributed by atoms with Gasteiger partial charge >= 0.3 is 11.9 Å². The van der Waals surface area contributed by atoms with Crippen LogP contribution in [0.25, 0.3) is 0 Å². The number of carbonyl (C=O) groups excluding carboxylic acids is 2. The van der Waals surface area contributed by atoms with E-state index < -0.39 is 28.6 Å². The van der Waals surface area contributed by atoms with Crippen LogP contribution in [0.2, 0.25) is 0 Å². The summed E-state index contributed by atoms with van der Waals surface area (Å²) in [6.07, 6.45) is 3.09. The van der Waals surface area contributed by atoms with Crippen molar-refractivity contribution in [2.45, 2.75) is 65.6 Å². The van der Waals surface area contributed by atoms with Crippen molar-refractivity contribution in [1.29, 1.82) is 5.26 Å². The van der Waals surface area contributed by atoms with Crippen molar-refractivity contribution in [3.05, 3.63) is 46.5 Å². The fourth-order valence-electron chi connectivity index (χ4n) is 2.30. The van der Waals surface area contributed by atoms with Crippen molar-refractivity contribution in [1.82, 2.24) is 0 Å². The summed E-state index contributed by atoms with van der Waals surface area (Å²) in [6.45, 7) is 10.4. The minimum atomic E-state index is -1.59. The van der Waals surface area contributed by atoms with E-state index in [9.17, 15) is 14.9 Å². The van der Waals surface area contributed by atoms with Crippen LogP contribution in [-0.2, 0) is 25.5 Å². The molecule has 0 aromatic heterocycles. The minimum Gasteiger partial charge on any atom is -0.459 e. The highest BCUT2D eigenvalue weighted by molar-refractivity contribution is 9.10. The number of esters is 2. The zero-order valence-electron chi connectivity index (χ0n) is 17.3. The molecule has 152 valence electrons. The van der Waals surface area contributed by atoms with Crippen LogP contribution in [0.5, 0.6) is 0 Å². The Labute approximate surface area is 175 Å². The molecule has 0 bridgehead atoms. The lowest BCUT2D eigenvalue weighted by Crippen LogP contribution is -2.36. The summed E-state index contributed by atoms with van der Waals surface area (Å²) in [6, 6.07) is 9.68. The van der Waals surface area contributed by atoms with E-state index in [1.165, 1.54) is 6.08 Å². The summed E-state index contributed by atoms with van der Waals surface area (Å²) in [5.41, 5.74) is -2.04. The summed E-state index contributed by atoms with van der Waals surface area (Å²) < 4.78 is 11.6. The van der Waals surface area contributed by atoms with E-state index in [2.05, 4.69) is 22.0 Å². The van der Waals surface area contributed by atoms with E-state index in [1.54, 1.807) is 41.5 Å². The smallest absolute Gasteiger partial charge is 0.331 e. The maximum Gasteiger partial charge on any atom is 0.331 e. The zero-order chi connectivity index (χ0) is 21.6. The molecule has 0 spiro atoms. The van der Waals surface area contributed by atoms with Crippen molar-refractivity contribution in [3.8, 4) is 6.07 Å². The zero-order valence-corrected chi connectivity index (χ0v) is 18.9. The second-order valence-corrected chi connectivity index (χ2v) is 9.49. The average molecular weight is 450 g/mol. The molecule has 0 aliphatic heterocycles. The Morgan fingerprint density at radius 3 is 2.04 bits per heavy atom. The van der Waals surface area contributed by atoms with Gasteiger partial charge in [0.05, 0.1) is 6.07 Å². The van der Waals surface area contributed by atoms with Gasteiger partial charge in [0, 0.05) is 10.5 Å². The first-order valence-corrected chi connectivity index (χ1v) is 9.87. The molecular weight excluding hydrogens is 422 g/mol. The minimum absolute atomic E-state index is 0.180. The number of aryl methyl sites for hydroxylation is 1. The van der Waals surface area contributed by atoms with E-state index in [-0.39, 0.29) is 6.42 Å². The number of hydrogen-bond donors (Lipinski definition) is 0. The van der Waals surface area contributed by atoms with Gasteiger partial charge in [-0.2, -0.15) is 5.26 Å². The van der Waals surface area contributed by atoms with Crippen LogP contribution in [0, 0.1) is 16.7 Å². The first-order valence-electron chi connectivity index (χ1n) is 9.08. The molecule has 0 saturated carbocycles. The van der Waals surface area contributed by atoms with Crippen LogP contribution in [0.4, 0.5) is 0 Å². The highest BCUT2D eigenvalue weighted by Gasteiger charge is 2.40. The van der Waals surface area contributed by atoms with Crippen LogP contribution in [0.15, 0.2) is 40.9 Å². The standard InChI is InChI=1S/C22H28BrNO4/c1-20(2,3)27-18(25)12-14-22(15-24,19(26)28-21(4,5)6)13-11-16-7-9-17(23)10-8-16/h7-10,12,14H,11,13H2,1-6H3/b14-12-/t22-/m0/s1. The number of ether oxygens (including phenoxy) is 2. The molecule has 1 aromatic rings. The van der Waals surface area contributed by atoms with Crippen molar-refractivity contribution in [3.63, 3.8) is 0 Å². The third-order valence-electron chi connectivity index (χ3n) is 3.59. The molecule has 5 nitrogen and oxygen atoms in total. The van der Waals surface area contributed by atoms with Gasteiger partial charge in [-0.3, -0.25) is 0 Å². The van der Waals surface area contributed by atoms with Crippen molar-refractivity contribution < 1.29 is 19.1 Å². The predicted molar refractivity (Wildman–Crippen MR) is 111 cm³/mol. The van der Waals surface area contributed by atoms with E-state index in [0.717, 1.165) is 16.1 Å². The van der Waals surface area contributed by atoms with Gasteiger partial charge in [-0.15, -0.1) is 0 Å². The number of halogens is 1. The normalized spacial score (nSPS) is 14.2. The van der Waals surface area contributed by atoms with Gasteiger partial charge in [0.1, 0.15) is 11.2 Å². The SMILES string of the molecule is CC(C)(C)OC(=O)/C=C\[C@](C#N)(CCc1ccc(Br)cc1)C(=O)OC(C)(C)C. The number of carbonyl (C=O) groups is 2. The lowest BCUT2D eigenvalue weighted by Gasteiger charge is -2.27. The molecule has 6 heteroatoms. The Bertz CT molecular complexity index is 764. The topological polar surface area (TPSA) is 76.4 Å². The van der Waals surface area contributed by atoms with Gasteiger partial charge in [-0.05, 0) is 78.2 Å². The molecule has 0 fully saturated rings. The van der Waals surface area contributed by atoms with Crippen molar-refractivity contribution in [2.75, 3.05) is 0 Å². The summed E-state index contributed by atoms with van der Waals surface area (Å²) in [5, 5.41) is 9.85. The molecule has 1 aromatic carbocycles. The highest BCUT2D eigenvalue weighted by atomic mass is 79.9. The Kier molecular flexibility index (Phi) is 8.01. The molecule has 0 heterocycles. The van der Waals surface area contributed by atoms with E-state index in [0.29, 0.717) is 6.42 Å². The van der Waals surface area contributed by atoms with Crippen LogP contribution in [-0.4, -0.2) is 23.1 Å². The Balaban J connectivity index is 3.12. The molecule has 0 unspecified atom stereocenters. The van der Waals surface area contributed by atoms with Crippen molar-refractivity contribution in [2.24, 2.45) is 5.41 Å². The predicted octanol–water partition coefficient (Wildman–Crippen LogP) is 5.13. The Morgan fingerprint density at radius 1 is 1.04 bits per heavy atom. The third kappa shape index (κ3) is 8.26. The lowest BCUT2D eigenvalue weighted by atomic mass is 9.82. The summed E-state index contributed by atoms with van der Waals surface area (Å²) in [4.78, 5) is 24.9. The van der Waals surface area contributed by atoms with E-state index in [4.69, 9.17) is 9.47 Å². The van der Waals surface area contributed by atoms with Crippen LogP contribution in [0.1, 0.15) is 53.5 Å². The Morgan fingerprint density at radius 2 is 1.57 bits per heavy atom. The molecule has 0 radical (unpaired) electrons. The first-order chi connectivity index (χ1) is 12.8. The number of rotatable bonds is 6. The van der Waals surface area contributed by atoms with Gasteiger partial charge in [0.2, 0.25) is 0 Å². The second kappa shape index (κ2) is 9.38. The number of benzene rings is 1. The molecular formula is C22H28BrNO4. The lowest BCUT2D eigenvalue weighted by molar-refractivity contribution is -0.161. The first kappa shape index (κ1) is 23.9. The highest BCUT2D eigenvalue weighted by Crippen LogP contribution is 2.30. The van der Waals surface area contributed by atoms with E-state index in [1.807, 2.05) is 24.3 Å². The number of hydrogen-bond acceptors (Lipinski definition) is 5. The molecule has 1 atom stereocenters. The number of nitrogens with zero attached hydrogens (tertiary/aromatic N) is 1. The van der Waals surface area contributed by atoms with Crippen LogP contribution in [0.3, 0.4) is 0 Å². The Hall–Kier alpha value is -2.13. The average Bonchev–Trinajstić information content (AvgIpc) is 2.53. The maximum atomic E-state index is 12.8. The third-order valence-corrected chi connectivity index (χ3v) is 4.12. The molecule has 0 saturated heterocycles. The molecule has 0 aliphatic carbocycles. The van der Waals surface area contributed by atoms with Gasteiger partial charge in [-0.1, -0.05) is 28.1 Å². The number of nitriles is 1. The quantitative estimate of drug-likeness (QED) is 0.444. The second-order valence-electron chi connectivity index (χ2n) is 8.58. The van der Waals surface area contributed by atoms with Crippen LogP contribution < -0.4 is 0 Å².